The van der Waals surface area contributed by atoms with Crippen molar-refractivity contribution in [3.8, 4) is 0 Å². The number of benzene rings is 3. The number of anilines is 1. The fourth-order valence-corrected chi connectivity index (χ4v) is 5.20. The monoisotopic (exact) mass is 574 g/mol. The summed E-state index contributed by atoms with van der Waals surface area (Å²) in [5.74, 6) is -0.836. The summed E-state index contributed by atoms with van der Waals surface area (Å²) in [5.41, 5.74) is 4.73. The summed E-state index contributed by atoms with van der Waals surface area (Å²) < 4.78 is 12.9. The number of aliphatic hydroxyl groups excluding tert-OH is 1. The van der Waals surface area contributed by atoms with Crippen LogP contribution in [0, 0.1) is 0 Å². The first-order valence-corrected chi connectivity index (χ1v) is 14.7. The van der Waals surface area contributed by atoms with Gasteiger partial charge in [0.15, 0.2) is 6.29 Å². The largest absolute Gasteiger partial charge is 0.481 e. The van der Waals surface area contributed by atoms with Crippen molar-refractivity contribution in [1.29, 1.82) is 0 Å². The van der Waals surface area contributed by atoms with Gasteiger partial charge < -0.3 is 25.0 Å². The SMILES string of the molecule is CN(Cc1ccccc1)C[C@H]1C[C@@H](c2ccc(CO)cc2)O[C@@H](c2ccc(NC(=O)CCCCCCC(=O)O)cc2)O1. The Balaban J connectivity index is 1.36. The van der Waals surface area contributed by atoms with Gasteiger partial charge in [-0.1, -0.05) is 79.6 Å². The molecule has 1 amide bonds. The average Bonchev–Trinajstić information content (AvgIpc) is 2.99. The van der Waals surface area contributed by atoms with Gasteiger partial charge >= 0.3 is 5.97 Å². The highest BCUT2D eigenvalue weighted by molar-refractivity contribution is 5.90. The third-order valence-electron chi connectivity index (χ3n) is 7.44. The Bertz CT molecular complexity index is 1250. The van der Waals surface area contributed by atoms with Gasteiger partial charge in [0.2, 0.25) is 5.91 Å². The summed E-state index contributed by atoms with van der Waals surface area (Å²) in [7, 11) is 2.10. The second kappa shape index (κ2) is 16.2. The van der Waals surface area contributed by atoms with E-state index in [1.54, 1.807) is 0 Å². The number of likely N-dealkylation sites (N-methyl/N-ethyl adjacent to an activating group) is 1. The normalized spacial score (nSPS) is 18.6. The van der Waals surface area contributed by atoms with Crippen LogP contribution in [0.3, 0.4) is 0 Å². The first kappa shape index (κ1) is 31.4. The highest BCUT2D eigenvalue weighted by atomic mass is 16.7. The number of hydrogen-bond acceptors (Lipinski definition) is 6. The molecule has 8 nitrogen and oxygen atoms in total. The van der Waals surface area contributed by atoms with E-state index in [0.29, 0.717) is 24.9 Å². The molecule has 0 aliphatic carbocycles. The van der Waals surface area contributed by atoms with E-state index in [1.807, 2.05) is 66.7 Å². The van der Waals surface area contributed by atoms with Gasteiger partial charge in [0, 0.05) is 43.6 Å². The van der Waals surface area contributed by atoms with Crippen molar-refractivity contribution in [1.82, 2.24) is 4.90 Å². The number of aliphatic hydroxyl groups is 1. The van der Waals surface area contributed by atoms with Crippen LogP contribution >= 0.6 is 0 Å². The molecule has 4 rings (SSSR count). The maximum Gasteiger partial charge on any atom is 0.303 e. The van der Waals surface area contributed by atoms with E-state index >= 15 is 0 Å². The van der Waals surface area contributed by atoms with Crippen molar-refractivity contribution in [2.24, 2.45) is 0 Å². The van der Waals surface area contributed by atoms with Crippen molar-refractivity contribution in [2.75, 3.05) is 18.9 Å². The topological polar surface area (TPSA) is 108 Å². The van der Waals surface area contributed by atoms with Gasteiger partial charge in [-0.05, 0) is 48.7 Å². The third kappa shape index (κ3) is 10.1. The molecule has 42 heavy (non-hydrogen) atoms. The number of carboxylic acid groups (broad SMARTS) is 1. The highest BCUT2D eigenvalue weighted by Gasteiger charge is 2.32. The standard InChI is InChI=1S/C34H42N2O6/c1-36(22-25-9-5-4-6-10-25)23-30-21-31(27-15-13-26(24-37)14-16-27)42-34(41-30)28-17-19-29(20-18-28)35-32(38)11-7-2-3-8-12-33(39)40/h4-6,9-10,13-20,30-31,34,37H,2-3,7-8,11-12,21-24H2,1H3,(H,35,38)(H,39,40)/t30-,31+,34+/m1/s1. The zero-order valence-electron chi connectivity index (χ0n) is 24.3. The quantitative estimate of drug-likeness (QED) is 0.185. The minimum atomic E-state index is -0.779. The Kier molecular flexibility index (Phi) is 12.1. The number of nitrogens with zero attached hydrogens (tertiary/aromatic N) is 1. The van der Waals surface area contributed by atoms with Crippen molar-refractivity contribution >= 4 is 17.6 Å². The van der Waals surface area contributed by atoms with Gasteiger partial charge in [0.1, 0.15) is 0 Å². The molecule has 3 N–H and O–H groups in total. The lowest BCUT2D eigenvalue weighted by Crippen LogP contribution is -2.37. The number of amides is 1. The minimum absolute atomic E-state index is 0.000124. The molecule has 8 heteroatoms. The molecule has 0 aromatic heterocycles. The summed E-state index contributed by atoms with van der Waals surface area (Å²) in [6, 6.07) is 25.8. The Labute approximate surface area is 248 Å². The van der Waals surface area contributed by atoms with Crippen molar-refractivity contribution < 1.29 is 29.3 Å². The predicted octanol–water partition coefficient (Wildman–Crippen LogP) is 6.22. The minimum Gasteiger partial charge on any atom is -0.481 e. The lowest BCUT2D eigenvalue weighted by atomic mass is 9.99. The predicted molar refractivity (Wildman–Crippen MR) is 162 cm³/mol. The molecule has 0 bridgehead atoms. The maximum atomic E-state index is 12.4. The lowest BCUT2D eigenvalue weighted by Gasteiger charge is -2.38. The summed E-state index contributed by atoms with van der Waals surface area (Å²) >= 11 is 0. The van der Waals surface area contributed by atoms with E-state index < -0.39 is 12.3 Å². The highest BCUT2D eigenvalue weighted by Crippen LogP contribution is 2.38. The van der Waals surface area contributed by atoms with E-state index in [0.717, 1.165) is 49.0 Å². The second-order valence-corrected chi connectivity index (χ2v) is 11.0. The molecule has 1 aliphatic rings. The van der Waals surface area contributed by atoms with Gasteiger partial charge in [-0.15, -0.1) is 0 Å². The zero-order valence-corrected chi connectivity index (χ0v) is 24.3. The first-order valence-electron chi connectivity index (χ1n) is 14.7. The fourth-order valence-electron chi connectivity index (χ4n) is 5.20. The molecule has 0 radical (unpaired) electrons. The Hall–Kier alpha value is -3.56. The average molecular weight is 575 g/mol. The van der Waals surface area contributed by atoms with E-state index in [-0.39, 0.29) is 31.1 Å². The number of carbonyl (C=O) groups is 2. The van der Waals surface area contributed by atoms with Gasteiger partial charge in [-0.3, -0.25) is 14.5 Å². The summed E-state index contributed by atoms with van der Waals surface area (Å²) in [5, 5.41) is 21.1. The number of rotatable bonds is 15. The van der Waals surface area contributed by atoms with E-state index in [2.05, 4.69) is 29.4 Å². The molecule has 3 aromatic rings. The molecule has 0 saturated carbocycles. The number of ether oxygens (including phenoxy) is 2. The van der Waals surface area contributed by atoms with E-state index in [9.17, 15) is 14.7 Å². The zero-order chi connectivity index (χ0) is 29.7. The molecule has 1 saturated heterocycles. The molecule has 1 fully saturated rings. The molecule has 1 heterocycles. The molecule has 224 valence electrons. The molecular formula is C34H42N2O6. The molecule has 3 atom stereocenters. The van der Waals surface area contributed by atoms with Crippen molar-refractivity contribution in [3.63, 3.8) is 0 Å². The maximum absolute atomic E-state index is 12.4. The van der Waals surface area contributed by atoms with Crippen LogP contribution < -0.4 is 5.32 Å². The van der Waals surface area contributed by atoms with Gasteiger partial charge in [0.05, 0.1) is 18.8 Å². The van der Waals surface area contributed by atoms with Crippen LogP contribution in [0.15, 0.2) is 78.9 Å². The number of carboxylic acids is 1. The summed E-state index contributed by atoms with van der Waals surface area (Å²) in [4.78, 5) is 25.3. The van der Waals surface area contributed by atoms with Crippen molar-refractivity contribution in [2.45, 2.75) is 76.6 Å². The van der Waals surface area contributed by atoms with Crippen LogP contribution in [0.1, 0.15) is 79.6 Å². The van der Waals surface area contributed by atoms with Crippen molar-refractivity contribution in [3.05, 3.63) is 101 Å². The van der Waals surface area contributed by atoms with E-state index in [1.165, 1.54) is 5.56 Å². The number of carbonyl (C=O) groups excluding carboxylic acids is 1. The van der Waals surface area contributed by atoms with Crippen LogP contribution in [0.5, 0.6) is 0 Å². The molecule has 1 aliphatic heterocycles. The Morgan fingerprint density at radius 3 is 2.17 bits per heavy atom. The number of unbranched alkanes of at least 4 members (excludes halogenated alkanes) is 3. The Morgan fingerprint density at radius 1 is 0.833 bits per heavy atom. The van der Waals surface area contributed by atoms with Crippen LogP contribution in [0.4, 0.5) is 5.69 Å². The number of nitrogens with one attached hydrogen (secondary N) is 1. The molecule has 0 spiro atoms. The number of aliphatic carboxylic acids is 1. The Morgan fingerprint density at radius 2 is 1.50 bits per heavy atom. The van der Waals surface area contributed by atoms with Gasteiger partial charge in [0.25, 0.3) is 0 Å². The molecular weight excluding hydrogens is 532 g/mol. The van der Waals surface area contributed by atoms with Crippen LogP contribution in [0.2, 0.25) is 0 Å². The molecule has 3 aromatic carbocycles. The van der Waals surface area contributed by atoms with Gasteiger partial charge in [-0.25, -0.2) is 0 Å². The van der Waals surface area contributed by atoms with Crippen LogP contribution in [-0.4, -0.2) is 46.7 Å². The lowest BCUT2D eigenvalue weighted by molar-refractivity contribution is -0.252. The summed E-state index contributed by atoms with van der Waals surface area (Å²) in [6.45, 7) is 1.56. The third-order valence-corrected chi connectivity index (χ3v) is 7.44. The molecule has 0 unspecified atom stereocenters. The first-order chi connectivity index (χ1) is 20.4. The van der Waals surface area contributed by atoms with E-state index in [4.69, 9.17) is 14.6 Å². The summed E-state index contributed by atoms with van der Waals surface area (Å²) in [6.07, 6.45) is 3.51. The fraction of sp³-hybridized carbons (Fsp3) is 0.412. The number of hydrogen-bond donors (Lipinski definition) is 3. The second-order valence-electron chi connectivity index (χ2n) is 11.0. The van der Waals surface area contributed by atoms with Gasteiger partial charge in [-0.2, -0.15) is 0 Å². The van der Waals surface area contributed by atoms with Crippen LogP contribution in [-0.2, 0) is 32.2 Å². The smallest absolute Gasteiger partial charge is 0.303 e. The van der Waals surface area contributed by atoms with Crippen LogP contribution in [0.25, 0.3) is 0 Å².